The van der Waals surface area contributed by atoms with Crippen molar-refractivity contribution in [2.75, 3.05) is 0 Å². The van der Waals surface area contributed by atoms with Gasteiger partial charge in [-0.25, -0.2) is 4.98 Å². The number of pyridine rings is 2. The molecule has 0 amide bonds. The fraction of sp³-hybridized carbons (Fsp3) is 0.111. The highest BCUT2D eigenvalue weighted by molar-refractivity contribution is 7.99. The number of halogens is 2. The van der Waals surface area contributed by atoms with E-state index in [1.165, 1.54) is 11.8 Å². The minimum absolute atomic E-state index is 0. The van der Waals surface area contributed by atoms with E-state index in [1.54, 1.807) is 18.5 Å². The minimum Gasteiger partial charge on any atom is -0.392 e. The maximum atomic E-state index is 9.47. The van der Waals surface area contributed by atoms with E-state index in [4.69, 9.17) is 17.3 Å². The largest absolute Gasteiger partial charge is 0.392 e. The summed E-state index contributed by atoms with van der Waals surface area (Å²) in [5.41, 5.74) is 9.38. The number of hydrogen-bond acceptors (Lipinski definition) is 5. The van der Waals surface area contributed by atoms with Crippen LogP contribution in [0, 0.1) is 0 Å². The molecular weight excluding hydrogens is 377 g/mol. The van der Waals surface area contributed by atoms with Gasteiger partial charge in [0, 0.05) is 35.0 Å². The van der Waals surface area contributed by atoms with Crippen LogP contribution in [-0.2, 0) is 13.2 Å². The minimum atomic E-state index is -0.0717. The topological polar surface area (TPSA) is 72.0 Å². The summed E-state index contributed by atoms with van der Waals surface area (Å²) in [6.45, 7) is 0.280. The summed E-state index contributed by atoms with van der Waals surface area (Å²) < 4.78 is 0. The van der Waals surface area contributed by atoms with Crippen LogP contribution in [0.2, 0.25) is 5.02 Å². The molecule has 0 spiro atoms. The van der Waals surface area contributed by atoms with Crippen LogP contribution in [0.1, 0.15) is 11.1 Å². The molecule has 2 aromatic heterocycles. The number of aromatic nitrogens is 2. The lowest BCUT2D eigenvalue weighted by atomic mass is 10.1. The third-order valence-corrected chi connectivity index (χ3v) is 5.18. The van der Waals surface area contributed by atoms with Crippen molar-refractivity contribution in [2.24, 2.45) is 5.73 Å². The highest BCUT2D eigenvalue weighted by Gasteiger charge is 2.14. The maximum absolute atomic E-state index is 9.47. The molecule has 0 unspecified atom stereocenters. The summed E-state index contributed by atoms with van der Waals surface area (Å²) >= 11 is 7.93. The molecule has 4 nitrogen and oxygen atoms in total. The van der Waals surface area contributed by atoms with E-state index in [-0.39, 0.29) is 19.0 Å². The van der Waals surface area contributed by atoms with Gasteiger partial charge in [-0.3, -0.25) is 4.98 Å². The highest BCUT2D eigenvalue weighted by Crippen LogP contribution is 2.39. The Labute approximate surface area is 161 Å². The van der Waals surface area contributed by atoms with E-state index in [0.717, 1.165) is 32.3 Å². The van der Waals surface area contributed by atoms with Crippen molar-refractivity contribution in [3.63, 3.8) is 0 Å². The lowest BCUT2D eigenvalue weighted by molar-refractivity contribution is 0.278. The number of benzene rings is 1. The molecule has 1 aromatic carbocycles. The van der Waals surface area contributed by atoms with Gasteiger partial charge < -0.3 is 10.8 Å². The summed E-state index contributed by atoms with van der Waals surface area (Å²) in [7, 11) is 0. The molecule has 3 rings (SSSR count). The van der Waals surface area contributed by atoms with Crippen molar-refractivity contribution in [3.05, 3.63) is 71.0 Å². The van der Waals surface area contributed by atoms with E-state index in [0.29, 0.717) is 11.6 Å². The number of aliphatic hydroxyl groups excluding tert-OH is 1. The number of nitrogens with two attached hydrogens (primary N) is 1. The predicted octanol–water partition coefficient (Wildman–Crippen LogP) is 4.32. The van der Waals surface area contributed by atoms with Crippen LogP contribution in [0.25, 0.3) is 11.3 Å². The van der Waals surface area contributed by atoms with Gasteiger partial charge in [0.1, 0.15) is 5.03 Å². The van der Waals surface area contributed by atoms with Crippen LogP contribution < -0.4 is 5.73 Å². The number of nitrogens with zero attached hydrogens (tertiary/aromatic N) is 2. The molecule has 0 saturated carbocycles. The van der Waals surface area contributed by atoms with Crippen LogP contribution in [0.15, 0.2) is 64.8 Å². The first-order valence-corrected chi connectivity index (χ1v) is 8.59. The van der Waals surface area contributed by atoms with Gasteiger partial charge in [0.25, 0.3) is 0 Å². The van der Waals surface area contributed by atoms with Crippen molar-refractivity contribution >= 4 is 35.8 Å². The first kappa shape index (κ1) is 19.7. The van der Waals surface area contributed by atoms with E-state index in [1.807, 2.05) is 36.4 Å². The average Bonchev–Trinajstić information content (AvgIpc) is 2.64. The summed E-state index contributed by atoms with van der Waals surface area (Å²) in [6.07, 6.45) is 3.44. The van der Waals surface area contributed by atoms with Crippen LogP contribution >= 0.6 is 35.8 Å². The van der Waals surface area contributed by atoms with Gasteiger partial charge in [0.2, 0.25) is 0 Å². The van der Waals surface area contributed by atoms with E-state index >= 15 is 0 Å². The number of hydrogen-bond donors (Lipinski definition) is 2. The Bertz CT molecular complexity index is 847. The third kappa shape index (κ3) is 4.51. The smallest absolute Gasteiger partial charge is 0.106 e. The highest BCUT2D eigenvalue weighted by atomic mass is 35.5. The number of aliphatic hydroxyl groups is 1. The summed E-state index contributed by atoms with van der Waals surface area (Å²) in [5, 5.41) is 10.8. The fourth-order valence-electron chi connectivity index (χ4n) is 2.33. The zero-order valence-electron chi connectivity index (χ0n) is 13.2. The van der Waals surface area contributed by atoms with E-state index in [2.05, 4.69) is 9.97 Å². The molecule has 0 aliphatic carbocycles. The summed E-state index contributed by atoms with van der Waals surface area (Å²) in [6, 6.07) is 13.3. The molecule has 0 atom stereocenters. The molecule has 0 fully saturated rings. The molecule has 3 N–H and O–H groups in total. The Morgan fingerprint density at radius 1 is 1.04 bits per heavy atom. The molecule has 0 aliphatic heterocycles. The van der Waals surface area contributed by atoms with Gasteiger partial charge in [-0.05, 0) is 35.9 Å². The standard InChI is InChI=1S/C18H16ClN3OS.ClH/c19-15-9-13(16-5-1-2-6-21-16)8-14(10-20)17(15)24-18-12(11-23)4-3-7-22-18;/h1-9,23H,10-11,20H2;1H. The van der Waals surface area contributed by atoms with Gasteiger partial charge in [-0.1, -0.05) is 35.5 Å². The quantitative estimate of drug-likeness (QED) is 0.674. The van der Waals surface area contributed by atoms with Crippen LogP contribution in [0.3, 0.4) is 0 Å². The lowest BCUT2D eigenvalue weighted by Crippen LogP contribution is -2.01. The van der Waals surface area contributed by atoms with Crippen molar-refractivity contribution in [2.45, 2.75) is 23.1 Å². The zero-order valence-corrected chi connectivity index (χ0v) is 15.6. The third-order valence-electron chi connectivity index (χ3n) is 3.52. The van der Waals surface area contributed by atoms with Crippen LogP contribution in [-0.4, -0.2) is 15.1 Å². The van der Waals surface area contributed by atoms with E-state index in [9.17, 15) is 5.11 Å². The predicted molar refractivity (Wildman–Crippen MR) is 104 cm³/mol. The molecule has 0 aliphatic rings. The normalized spacial score (nSPS) is 10.4. The zero-order chi connectivity index (χ0) is 16.9. The fourth-order valence-corrected chi connectivity index (χ4v) is 3.69. The second-order valence-corrected chi connectivity index (χ2v) is 6.50. The van der Waals surface area contributed by atoms with Crippen molar-refractivity contribution in [1.29, 1.82) is 0 Å². The van der Waals surface area contributed by atoms with Crippen LogP contribution in [0.4, 0.5) is 0 Å². The Kier molecular flexibility index (Phi) is 7.23. The van der Waals surface area contributed by atoms with Crippen LogP contribution in [0.5, 0.6) is 0 Å². The lowest BCUT2D eigenvalue weighted by Gasteiger charge is -2.13. The molecular formula is C18H17Cl2N3OS. The summed E-state index contributed by atoms with van der Waals surface area (Å²) in [4.78, 5) is 9.54. The second kappa shape index (κ2) is 9.17. The van der Waals surface area contributed by atoms with Gasteiger partial charge in [0.05, 0.1) is 17.3 Å². The molecule has 3 aromatic rings. The Hall–Kier alpha value is -1.63. The number of rotatable bonds is 5. The van der Waals surface area contributed by atoms with Crippen molar-refractivity contribution in [3.8, 4) is 11.3 Å². The summed E-state index contributed by atoms with van der Waals surface area (Å²) in [5.74, 6) is 0. The van der Waals surface area contributed by atoms with Crippen molar-refractivity contribution < 1.29 is 5.11 Å². The SMILES string of the molecule is Cl.NCc1cc(-c2ccccn2)cc(Cl)c1Sc1ncccc1CO. The molecule has 0 saturated heterocycles. The van der Waals surface area contributed by atoms with Gasteiger partial charge in [0.15, 0.2) is 0 Å². The average molecular weight is 394 g/mol. The first-order valence-electron chi connectivity index (χ1n) is 7.39. The van der Waals surface area contributed by atoms with Crippen molar-refractivity contribution in [1.82, 2.24) is 9.97 Å². The first-order chi connectivity index (χ1) is 11.7. The second-order valence-electron chi connectivity index (χ2n) is 5.09. The van der Waals surface area contributed by atoms with E-state index < -0.39 is 0 Å². The monoisotopic (exact) mass is 393 g/mol. The maximum Gasteiger partial charge on any atom is 0.106 e. The van der Waals surface area contributed by atoms with Gasteiger partial charge >= 0.3 is 0 Å². The molecule has 0 radical (unpaired) electrons. The Morgan fingerprint density at radius 2 is 1.84 bits per heavy atom. The Morgan fingerprint density at radius 3 is 2.52 bits per heavy atom. The molecule has 130 valence electrons. The molecule has 0 bridgehead atoms. The van der Waals surface area contributed by atoms with Gasteiger partial charge in [-0.2, -0.15) is 0 Å². The molecule has 25 heavy (non-hydrogen) atoms. The van der Waals surface area contributed by atoms with Gasteiger partial charge in [-0.15, -0.1) is 12.4 Å². The molecule has 2 heterocycles. The Balaban J connectivity index is 0.00000225. The molecule has 7 heteroatoms.